The van der Waals surface area contributed by atoms with Gasteiger partial charge in [0.25, 0.3) is 0 Å². The Morgan fingerprint density at radius 3 is 3.06 bits per heavy atom. The summed E-state index contributed by atoms with van der Waals surface area (Å²) in [5.41, 5.74) is 0.888. The highest BCUT2D eigenvalue weighted by Gasteiger charge is 2.16. The Labute approximate surface area is 107 Å². The van der Waals surface area contributed by atoms with Crippen molar-refractivity contribution in [3.8, 4) is 6.07 Å². The summed E-state index contributed by atoms with van der Waals surface area (Å²) in [6.45, 7) is 7.77. The molecule has 4 heteroatoms. The van der Waals surface area contributed by atoms with E-state index in [4.69, 9.17) is 5.26 Å². The van der Waals surface area contributed by atoms with Gasteiger partial charge < -0.3 is 4.90 Å². The molecule has 2 heterocycles. The molecule has 1 aliphatic rings. The van der Waals surface area contributed by atoms with Gasteiger partial charge in [-0.2, -0.15) is 5.26 Å². The summed E-state index contributed by atoms with van der Waals surface area (Å²) in [6.07, 6.45) is 3.67. The van der Waals surface area contributed by atoms with E-state index in [2.05, 4.69) is 22.9 Å². The summed E-state index contributed by atoms with van der Waals surface area (Å²) < 4.78 is 0. The molecule has 1 atom stereocenters. The van der Waals surface area contributed by atoms with Crippen LogP contribution in [0.3, 0.4) is 0 Å². The van der Waals surface area contributed by atoms with Crippen molar-refractivity contribution in [2.75, 3.05) is 19.6 Å². The summed E-state index contributed by atoms with van der Waals surface area (Å²) in [7, 11) is 0. The maximum Gasteiger partial charge on any atom is 0.127 e. The van der Waals surface area contributed by atoms with Crippen LogP contribution in [-0.2, 0) is 6.42 Å². The number of aryl methyl sites for hydroxylation is 1. The first-order valence-electron chi connectivity index (χ1n) is 6.28. The van der Waals surface area contributed by atoms with Gasteiger partial charge in [0.2, 0.25) is 0 Å². The topological polar surface area (TPSA) is 39.9 Å². The fourth-order valence-electron chi connectivity index (χ4n) is 2.41. The normalized spacial score (nSPS) is 21.4. The summed E-state index contributed by atoms with van der Waals surface area (Å²) >= 11 is 1.55. The largest absolute Gasteiger partial charge is 0.303 e. The number of thiazole rings is 1. The third-order valence-corrected chi connectivity index (χ3v) is 4.45. The number of likely N-dealkylation sites (tertiary alicyclic amines) is 1. The molecule has 0 spiro atoms. The minimum Gasteiger partial charge on any atom is -0.303 e. The lowest BCUT2D eigenvalue weighted by molar-refractivity contribution is 0.186. The van der Waals surface area contributed by atoms with Crippen molar-refractivity contribution >= 4 is 11.3 Å². The van der Waals surface area contributed by atoms with E-state index in [1.165, 1.54) is 25.9 Å². The number of piperidine rings is 1. The van der Waals surface area contributed by atoms with Crippen molar-refractivity contribution < 1.29 is 0 Å². The van der Waals surface area contributed by atoms with Crippen molar-refractivity contribution in [2.45, 2.75) is 33.1 Å². The smallest absolute Gasteiger partial charge is 0.127 e. The van der Waals surface area contributed by atoms with E-state index in [9.17, 15) is 0 Å². The molecule has 2 rings (SSSR count). The summed E-state index contributed by atoms with van der Waals surface area (Å²) in [6, 6.07) is 2.20. The Morgan fingerprint density at radius 1 is 1.59 bits per heavy atom. The lowest BCUT2D eigenvalue weighted by Gasteiger charge is -2.30. The maximum atomic E-state index is 8.89. The zero-order chi connectivity index (χ0) is 12.3. The summed E-state index contributed by atoms with van der Waals surface area (Å²) in [4.78, 5) is 7.75. The third-order valence-electron chi connectivity index (χ3n) is 3.33. The highest BCUT2D eigenvalue weighted by molar-refractivity contribution is 7.12. The lowest BCUT2D eigenvalue weighted by Crippen LogP contribution is -2.35. The highest BCUT2D eigenvalue weighted by atomic mass is 32.1. The molecule has 17 heavy (non-hydrogen) atoms. The number of rotatable bonds is 3. The molecule has 0 amide bonds. The first-order chi connectivity index (χ1) is 8.19. The molecule has 1 unspecified atom stereocenters. The second-order valence-electron chi connectivity index (χ2n) is 4.93. The first-order valence-corrected chi connectivity index (χ1v) is 7.09. The van der Waals surface area contributed by atoms with Gasteiger partial charge in [-0.1, -0.05) is 6.92 Å². The van der Waals surface area contributed by atoms with Crippen LogP contribution < -0.4 is 0 Å². The number of nitriles is 1. The Morgan fingerprint density at radius 2 is 2.41 bits per heavy atom. The third kappa shape index (κ3) is 3.27. The van der Waals surface area contributed by atoms with Crippen LogP contribution in [0.15, 0.2) is 0 Å². The van der Waals surface area contributed by atoms with Crippen LogP contribution in [0.25, 0.3) is 0 Å². The van der Waals surface area contributed by atoms with E-state index in [-0.39, 0.29) is 0 Å². The fraction of sp³-hybridized carbons (Fsp3) is 0.692. The molecule has 0 saturated carbocycles. The molecule has 0 radical (unpaired) electrons. The summed E-state index contributed by atoms with van der Waals surface area (Å²) in [5.74, 6) is 0.830. The van der Waals surface area contributed by atoms with E-state index in [1.54, 1.807) is 11.3 Å². The molecular weight excluding hydrogens is 230 g/mol. The standard InChI is InChI=1S/C13H19N3S/c1-10-4-3-6-16(9-10)7-5-13-15-11(2)12(8-14)17-13/h10H,3-7,9H2,1-2H3. The number of hydrogen-bond donors (Lipinski definition) is 0. The highest BCUT2D eigenvalue weighted by Crippen LogP contribution is 2.19. The van der Waals surface area contributed by atoms with Crippen LogP contribution in [0, 0.1) is 24.2 Å². The molecule has 0 aromatic carbocycles. The van der Waals surface area contributed by atoms with Crippen LogP contribution in [0.2, 0.25) is 0 Å². The molecule has 1 fully saturated rings. The van der Waals surface area contributed by atoms with Gasteiger partial charge in [-0.05, 0) is 32.2 Å². The number of nitrogens with zero attached hydrogens (tertiary/aromatic N) is 3. The van der Waals surface area contributed by atoms with Crippen LogP contribution >= 0.6 is 11.3 Å². The van der Waals surface area contributed by atoms with Gasteiger partial charge in [0.05, 0.1) is 10.7 Å². The molecule has 0 aliphatic carbocycles. The minimum absolute atomic E-state index is 0.770. The molecule has 1 aromatic heterocycles. The van der Waals surface area contributed by atoms with Gasteiger partial charge in [0, 0.05) is 19.5 Å². The van der Waals surface area contributed by atoms with E-state index in [0.717, 1.165) is 34.5 Å². The SMILES string of the molecule is Cc1nc(CCN2CCCC(C)C2)sc1C#N. The van der Waals surface area contributed by atoms with Gasteiger partial charge in [0.1, 0.15) is 10.9 Å². The van der Waals surface area contributed by atoms with Gasteiger partial charge in [-0.15, -0.1) is 11.3 Å². The maximum absolute atomic E-state index is 8.89. The molecule has 1 saturated heterocycles. The van der Waals surface area contributed by atoms with Crippen LogP contribution in [-0.4, -0.2) is 29.5 Å². The molecule has 0 N–H and O–H groups in total. The van der Waals surface area contributed by atoms with E-state index in [0.29, 0.717) is 0 Å². The molecule has 0 bridgehead atoms. The predicted octanol–water partition coefficient (Wildman–Crippen LogP) is 2.60. The Balaban J connectivity index is 1.87. The Hall–Kier alpha value is -0.920. The van der Waals surface area contributed by atoms with Gasteiger partial charge in [-0.3, -0.25) is 0 Å². The zero-order valence-electron chi connectivity index (χ0n) is 10.6. The molecule has 1 aliphatic heterocycles. The fourth-order valence-corrected chi connectivity index (χ4v) is 3.26. The zero-order valence-corrected chi connectivity index (χ0v) is 11.4. The van der Waals surface area contributed by atoms with Crippen LogP contribution in [0.5, 0.6) is 0 Å². The molecular formula is C13H19N3S. The average Bonchev–Trinajstić information content (AvgIpc) is 2.67. The second kappa shape index (κ2) is 5.61. The molecule has 3 nitrogen and oxygen atoms in total. The molecule has 1 aromatic rings. The monoisotopic (exact) mass is 249 g/mol. The number of aromatic nitrogens is 1. The molecule has 92 valence electrons. The Bertz CT molecular complexity index is 419. The van der Waals surface area contributed by atoms with Crippen molar-refractivity contribution in [1.29, 1.82) is 5.26 Å². The quantitative estimate of drug-likeness (QED) is 0.826. The van der Waals surface area contributed by atoms with Crippen molar-refractivity contribution in [3.05, 3.63) is 15.6 Å². The van der Waals surface area contributed by atoms with Gasteiger partial charge >= 0.3 is 0 Å². The van der Waals surface area contributed by atoms with E-state index < -0.39 is 0 Å². The van der Waals surface area contributed by atoms with Crippen molar-refractivity contribution in [1.82, 2.24) is 9.88 Å². The second-order valence-corrected chi connectivity index (χ2v) is 6.02. The van der Waals surface area contributed by atoms with Gasteiger partial charge in [-0.25, -0.2) is 4.98 Å². The first kappa shape index (κ1) is 12.5. The average molecular weight is 249 g/mol. The lowest BCUT2D eigenvalue weighted by atomic mass is 10.0. The number of hydrogen-bond acceptors (Lipinski definition) is 4. The van der Waals surface area contributed by atoms with Crippen LogP contribution in [0.1, 0.15) is 35.3 Å². The van der Waals surface area contributed by atoms with Crippen molar-refractivity contribution in [2.24, 2.45) is 5.92 Å². The predicted molar refractivity (Wildman–Crippen MR) is 70.1 cm³/mol. The van der Waals surface area contributed by atoms with Crippen molar-refractivity contribution in [3.63, 3.8) is 0 Å². The minimum atomic E-state index is 0.770. The van der Waals surface area contributed by atoms with E-state index in [1.807, 2.05) is 6.92 Å². The van der Waals surface area contributed by atoms with Gasteiger partial charge in [0.15, 0.2) is 0 Å². The van der Waals surface area contributed by atoms with E-state index >= 15 is 0 Å². The Kier molecular flexibility index (Phi) is 4.14. The summed E-state index contributed by atoms with van der Waals surface area (Å²) in [5, 5.41) is 10.0. The van der Waals surface area contributed by atoms with Crippen LogP contribution in [0.4, 0.5) is 0 Å².